The summed E-state index contributed by atoms with van der Waals surface area (Å²) >= 11 is 1.97. The molecule has 27 heavy (non-hydrogen) atoms. The number of nitrogens with one attached hydrogen (secondary N) is 2. The minimum absolute atomic E-state index is 0. The van der Waals surface area contributed by atoms with Gasteiger partial charge < -0.3 is 10.6 Å². The van der Waals surface area contributed by atoms with Gasteiger partial charge in [-0.15, -0.1) is 35.7 Å². The Kier molecular flexibility index (Phi) is 8.89. The minimum atomic E-state index is 0. The predicted octanol–water partition coefficient (Wildman–Crippen LogP) is 4.43. The zero-order valence-corrected chi connectivity index (χ0v) is 19.2. The number of hydrogen-bond donors (Lipinski definition) is 2. The Hall–Kier alpha value is -1.28. The first-order chi connectivity index (χ1) is 12.7. The molecule has 4 nitrogen and oxygen atoms in total. The molecule has 1 aliphatic rings. The molecule has 1 fully saturated rings. The molecule has 0 bridgehead atoms. The Balaban J connectivity index is 0.00000261. The summed E-state index contributed by atoms with van der Waals surface area (Å²) in [6.07, 6.45) is 5.38. The number of guanidine groups is 1. The number of thioether (sulfide) groups is 1. The maximum atomic E-state index is 4.85. The van der Waals surface area contributed by atoms with Crippen molar-refractivity contribution < 1.29 is 0 Å². The van der Waals surface area contributed by atoms with Crippen LogP contribution >= 0.6 is 35.7 Å². The Morgan fingerprint density at radius 2 is 1.93 bits per heavy atom. The topological polar surface area (TPSA) is 49.3 Å². The smallest absolute Gasteiger partial charge is 0.191 e. The van der Waals surface area contributed by atoms with Crippen molar-refractivity contribution in [2.24, 2.45) is 4.99 Å². The molecular formula is C21H29IN4S. The molecule has 0 aliphatic heterocycles. The second-order valence-corrected chi connectivity index (χ2v) is 8.32. The molecule has 0 unspecified atom stereocenters. The fourth-order valence-corrected chi connectivity index (χ4v) is 3.94. The standard InChI is InChI=1S/C21H28N4S.HI/c1-3-22-20(23-14-11-18-10-9-17(2)24-15-18)25-16-21(12-13-21)26-19-7-5-4-6-8-19;/h4-10,15H,3,11-14,16H2,1-2H3,(H2,22,23,25);1H. The molecule has 0 amide bonds. The first kappa shape index (κ1) is 22.0. The van der Waals surface area contributed by atoms with E-state index in [9.17, 15) is 0 Å². The fraction of sp³-hybridized carbons (Fsp3) is 0.429. The van der Waals surface area contributed by atoms with Crippen LogP contribution < -0.4 is 10.6 Å². The van der Waals surface area contributed by atoms with Crippen LogP contribution in [0.2, 0.25) is 0 Å². The van der Waals surface area contributed by atoms with E-state index in [-0.39, 0.29) is 28.7 Å². The molecule has 1 aliphatic carbocycles. The van der Waals surface area contributed by atoms with E-state index in [2.05, 4.69) is 65.0 Å². The summed E-state index contributed by atoms with van der Waals surface area (Å²) in [7, 11) is 0. The van der Waals surface area contributed by atoms with Crippen molar-refractivity contribution in [1.82, 2.24) is 15.6 Å². The van der Waals surface area contributed by atoms with Gasteiger partial charge in [-0.05, 0) is 56.9 Å². The summed E-state index contributed by atoms with van der Waals surface area (Å²) in [4.78, 5) is 10.5. The summed E-state index contributed by atoms with van der Waals surface area (Å²) in [5.74, 6) is 0.910. The summed E-state index contributed by atoms with van der Waals surface area (Å²) in [6, 6.07) is 14.9. The summed E-state index contributed by atoms with van der Waals surface area (Å²) in [5.41, 5.74) is 2.31. The highest BCUT2D eigenvalue weighted by Crippen LogP contribution is 2.51. The van der Waals surface area contributed by atoms with Crippen LogP contribution in [0.3, 0.4) is 0 Å². The highest BCUT2D eigenvalue weighted by atomic mass is 127. The van der Waals surface area contributed by atoms with E-state index >= 15 is 0 Å². The van der Waals surface area contributed by atoms with Gasteiger partial charge in [-0.1, -0.05) is 24.3 Å². The van der Waals surface area contributed by atoms with Crippen LogP contribution in [0.5, 0.6) is 0 Å². The van der Waals surface area contributed by atoms with Gasteiger partial charge in [-0.3, -0.25) is 9.98 Å². The third-order valence-electron chi connectivity index (χ3n) is 4.43. The van der Waals surface area contributed by atoms with E-state index in [0.29, 0.717) is 0 Å². The minimum Gasteiger partial charge on any atom is -0.357 e. The largest absolute Gasteiger partial charge is 0.357 e. The van der Waals surface area contributed by atoms with Crippen LogP contribution in [0.4, 0.5) is 0 Å². The molecule has 2 N–H and O–H groups in total. The van der Waals surface area contributed by atoms with Gasteiger partial charge in [-0.2, -0.15) is 0 Å². The van der Waals surface area contributed by atoms with Gasteiger partial charge in [0.2, 0.25) is 0 Å². The first-order valence-corrected chi connectivity index (χ1v) is 10.2. The second-order valence-electron chi connectivity index (χ2n) is 6.78. The lowest BCUT2D eigenvalue weighted by atomic mass is 10.2. The predicted molar refractivity (Wildman–Crippen MR) is 126 cm³/mol. The SMILES string of the molecule is CCNC(=NCC1(Sc2ccccc2)CC1)NCCc1ccc(C)nc1.I. The maximum Gasteiger partial charge on any atom is 0.191 e. The Bertz CT molecular complexity index is 715. The van der Waals surface area contributed by atoms with E-state index in [1.54, 1.807) is 0 Å². The van der Waals surface area contributed by atoms with Gasteiger partial charge >= 0.3 is 0 Å². The number of aromatic nitrogens is 1. The maximum absolute atomic E-state index is 4.85. The monoisotopic (exact) mass is 496 g/mol. The number of halogens is 1. The molecule has 1 heterocycles. The molecular weight excluding hydrogens is 467 g/mol. The van der Waals surface area contributed by atoms with Crippen molar-refractivity contribution in [1.29, 1.82) is 0 Å². The number of aliphatic imine (C=N–C) groups is 1. The number of hydrogen-bond acceptors (Lipinski definition) is 3. The first-order valence-electron chi connectivity index (χ1n) is 9.37. The van der Waals surface area contributed by atoms with Crippen molar-refractivity contribution >= 4 is 41.7 Å². The quantitative estimate of drug-likeness (QED) is 0.323. The Labute approximate surface area is 184 Å². The van der Waals surface area contributed by atoms with Crippen LogP contribution in [0.1, 0.15) is 31.0 Å². The lowest BCUT2D eigenvalue weighted by molar-refractivity contribution is 0.787. The van der Waals surface area contributed by atoms with Gasteiger partial charge in [0.1, 0.15) is 0 Å². The van der Waals surface area contributed by atoms with Crippen LogP contribution in [0.15, 0.2) is 58.5 Å². The molecule has 1 aromatic carbocycles. The van der Waals surface area contributed by atoms with Crippen molar-refractivity contribution in [2.45, 2.75) is 42.8 Å². The van der Waals surface area contributed by atoms with Crippen LogP contribution in [0, 0.1) is 6.92 Å². The highest BCUT2D eigenvalue weighted by molar-refractivity contribution is 14.0. The highest BCUT2D eigenvalue weighted by Gasteiger charge is 2.43. The third-order valence-corrected chi connectivity index (χ3v) is 5.91. The normalized spacial score (nSPS) is 15.0. The number of rotatable bonds is 8. The molecule has 2 aromatic rings. The third kappa shape index (κ3) is 7.33. The molecule has 146 valence electrons. The number of aryl methyl sites for hydroxylation is 1. The second kappa shape index (κ2) is 10.9. The summed E-state index contributed by atoms with van der Waals surface area (Å²) in [5, 5.41) is 6.81. The molecule has 1 aromatic heterocycles. The van der Waals surface area contributed by atoms with E-state index in [1.165, 1.54) is 23.3 Å². The van der Waals surface area contributed by atoms with Crippen molar-refractivity contribution in [2.75, 3.05) is 19.6 Å². The molecule has 3 rings (SSSR count). The van der Waals surface area contributed by atoms with Crippen LogP contribution in [-0.4, -0.2) is 35.3 Å². The van der Waals surface area contributed by atoms with Crippen molar-refractivity contribution in [3.63, 3.8) is 0 Å². The van der Waals surface area contributed by atoms with Crippen molar-refractivity contribution in [3.8, 4) is 0 Å². The van der Waals surface area contributed by atoms with Gasteiger partial charge in [0, 0.05) is 34.6 Å². The Morgan fingerprint density at radius 3 is 2.56 bits per heavy atom. The van der Waals surface area contributed by atoms with Gasteiger partial charge in [-0.25, -0.2) is 0 Å². The van der Waals surface area contributed by atoms with Gasteiger partial charge in [0.15, 0.2) is 5.96 Å². The molecule has 0 saturated heterocycles. The average molecular weight is 496 g/mol. The van der Waals surface area contributed by atoms with Crippen LogP contribution in [0.25, 0.3) is 0 Å². The summed E-state index contributed by atoms with van der Waals surface area (Å²) < 4.78 is 0.282. The fourth-order valence-electron chi connectivity index (χ4n) is 2.71. The number of pyridine rings is 1. The van der Waals surface area contributed by atoms with E-state index < -0.39 is 0 Å². The van der Waals surface area contributed by atoms with E-state index in [1.807, 2.05) is 24.9 Å². The average Bonchev–Trinajstić information content (AvgIpc) is 3.42. The zero-order chi connectivity index (χ0) is 18.2. The molecule has 0 radical (unpaired) electrons. The van der Waals surface area contributed by atoms with Gasteiger partial charge in [0.25, 0.3) is 0 Å². The number of nitrogens with zero attached hydrogens (tertiary/aromatic N) is 2. The van der Waals surface area contributed by atoms with E-state index in [4.69, 9.17) is 4.99 Å². The number of benzene rings is 1. The lowest BCUT2D eigenvalue weighted by Crippen LogP contribution is -2.39. The van der Waals surface area contributed by atoms with Gasteiger partial charge in [0.05, 0.1) is 6.54 Å². The van der Waals surface area contributed by atoms with Crippen molar-refractivity contribution in [3.05, 3.63) is 59.9 Å². The molecule has 0 spiro atoms. The lowest BCUT2D eigenvalue weighted by Gasteiger charge is -2.15. The summed E-state index contributed by atoms with van der Waals surface area (Å²) in [6.45, 7) is 6.70. The van der Waals surface area contributed by atoms with Crippen LogP contribution in [-0.2, 0) is 6.42 Å². The molecule has 1 saturated carbocycles. The Morgan fingerprint density at radius 1 is 1.15 bits per heavy atom. The zero-order valence-electron chi connectivity index (χ0n) is 16.1. The molecule has 0 atom stereocenters. The molecule has 6 heteroatoms. The van der Waals surface area contributed by atoms with E-state index in [0.717, 1.165) is 37.7 Å².